The van der Waals surface area contributed by atoms with Gasteiger partial charge in [-0.3, -0.25) is 0 Å². The van der Waals surface area contributed by atoms with Gasteiger partial charge in [0.15, 0.2) is 0 Å². The first-order valence-corrected chi connectivity index (χ1v) is 9.16. The van der Waals surface area contributed by atoms with Crippen molar-refractivity contribution >= 4 is 22.1 Å². The number of hydrogen-bond donors (Lipinski definition) is 0. The molecule has 0 fully saturated rings. The summed E-state index contributed by atoms with van der Waals surface area (Å²) >= 11 is 0. The lowest BCUT2D eigenvalue weighted by Gasteiger charge is -2.29. The third-order valence-corrected chi connectivity index (χ3v) is 4.80. The van der Waals surface area contributed by atoms with Gasteiger partial charge in [-0.15, -0.1) is 0 Å². The second kappa shape index (κ2) is 7.05. The molecule has 26 heavy (non-hydrogen) atoms. The zero-order chi connectivity index (χ0) is 17.9. The molecular formula is C25H23N. The van der Waals surface area contributed by atoms with Crippen LogP contribution in [0.25, 0.3) is 21.9 Å². The van der Waals surface area contributed by atoms with Crippen molar-refractivity contribution in [2.45, 2.75) is 19.9 Å². The van der Waals surface area contributed by atoms with Gasteiger partial charge in [0.05, 0.1) is 0 Å². The van der Waals surface area contributed by atoms with Gasteiger partial charge in [-0.2, -0.15) is 0 Å². The quantitative estimate of drug-likeness (QED) is 0.385. The molecule has 0 aliphatic heterocycles. The van der Waals surface area contributed by atoms with Crippen LogP contribution in [0, 0.1) is 0 Å². The van der Waals surface area contributed by atoms with Gasteiger partial charge in [-0.25, -0.2) is 0 Å². The molecule has 4 aromatic rings. The average Bonchev–Trinajstić information content (AvgIpc) is 2.69. The van der Waals surface area contributed by atoms with Gasteiger partial charge < -0.3 is 4.90 Å². The molecule has 0 unspecified atom stereocenters. The average molecular weight is 337 g/mol. The van der Waals surface area contributed by atoms with Gasteiger partial charge >= 0.3 is 0 Å². The number of fused-ring (bicyclic) bond motifs is 1. The molecule has 128 valence electrons. The highest BCUT2D eigenvalue weighted by Crippen LogP contribution is 2.32. The molecule has 0 N–H and O–H groups in total. The van der Waals surface area contributed by atoms with Gasteiger partial charge in [0.25, 0.3) is 0 Å². The maximum atomic E-state index is 2.37. The summed E-state index contributed by atoms with van der Waals surface area (Å²) in [6, 6.07) is 35.0. The molecule has 0 atom stereocenters. The van der Waals surface area contributed by atoms with Gasteiger partial charge in [0.1, 0.15) is 0 Å². The minimum atomic E-state index is 0.390. The first kappa shape index (κ1) is 16.4. The molecule has 0 aliphatic rings. The summed E-state index contributed by atoms with van der Waals surface area (Å²) in [5, 5.41) is 2.58. The fourth-order valence-corrected chi connectivity index (χ4v) is 3.61. The Morgan fingerprint density at radius 3 is 1.92 bits per heavy atom. The maximum Gasteiger partial charge on any atom is 0.0413 e. The summed E-state index contributed by atoms with van der Waals surface area (Å²) in [6.45, 7) is 4.46. The monoisotopic (exact) mass is 337 g/mol. The molecule has 0 saturated carbocycles. The van der Waals surface area contributed by atoms with Crippen molar-refractivity contribution in [1.82, 2.24) is 0 Å². The summed E-state index contributed by atoms with van der Waals surface area (Å²) in [6.07, 6.45) is 0. The van der Waals surface area contributed by atoms with Crippen molar-refractivity contribution in [2.24, 2.45) is 0 Å². The Balaban J connectivity index is 1.74. The molecule has 0 radical (unpaired) electrons. The fraction of sp³-hybridized carbons (Fsp3) is 0.120. The Kier molecular flexibility index (Phi) is 4.45. The SMILES string of the molecule is CC(C)N(c1ccccc1)c1ccc(-c2cccc3ccccc23)cc1. The number of para-hydroxylation sites is 1. The molecular weight excluding hydrogens is 314 g/mol. The van der Waals surface area contributed by atoms with Crippen molar-refractivity contribution in [3.8, 4) is 11.1 Å². The van der Waals surface area contributed by atoms with Gasteiger partial charge in [0.2, 0.25) is 0 Å². The summed E-state index contributed by atoms with van der Waals surface area (Å²) in [4.78, 5) is 2.37. The molecule has 1 heteroatoms. The molecule has 0 spiro atoms. The second-order valence-corrected chi connectivity index (χ2v) is 6.87. The van der Waals surface area contributed by atoms with Gasteiger partial charge in [-0.05, 0) is 60.0 Å². The highest BCUT2D eigenvalue weighted by molar-refractivity contribution is 5.96. The van der Waals surface area contributed by atoms with Crippen molar-refractivity contribution in [1.29, 1.82) is 0 Å². The smallest absolute Gasteiger partial charge is 0.0413 e. The molecule has 0 aromatic heterocycles. The van der Waals surface area contributed by atoms with E-state index in [0.29, 0.717) is 6.04 Å². The first-order valence-electron chi connectivity index (χ1n) is 9.16. The van der Waals surface area contributed by atoms with Crippen LogP contribution in [0.2, 0.25) is 0 Å². The van der Waals surface area contributed by atoms with E-state index in [0.717, 1.165) is 0 Å². The van der Waals surface area contributed by atoms with Crippen LogP contribution in [-0.2, 0) is 0 Å². The lowest BCUT2D eigenvalue weighted by atomic mass is 9.98. The Labute approximate surface area is 155 Å². The van der Waals surface area contributed by atoms with Crippen LogP contribution in [0.1, 0.15) is 13.8 Å². The van der Waals surface area contributed by atoms with Crippen LogP contribution in [0.4, 0.5) is 11.4 Å². The van der Waals surface area contributed by atoms with E-state index >= 15 is 0 Å². The number of benzene rings is 4. The maximum absolute atomic E-state index is 2.37. The van der Waals surface area contributed by atoms with Crippen LogP contribution in [0.5, 0.6) is 0 Å². The van der Waals surface area contributed by atoms with E-state index in [9.17, 15) is 0 Å². The molecule has 4 rings (SSSR count). The zero-order valence-corrected chi connectivity index (χ0v) is 15.3. The van der Waals surface area contributed by atoms with E-state index < -0.39 is 0 Å². The number of hydrogen-bond acceptors (Lipinski definition) is 1. The van der Waals surface area contributed by atoms with E-state index in [4.69, 9.17) is 0 Å². The highest BCUT2D eigenvalue weighted by atomic mass is 15.2. The van der Waals surface area contributed by atoms with Gasteiger partial charge in [-0.1, -0.05) is 72.8 Å². The lowest BCUT2D eigenvalue weighted by Crippen LogP contribution is -2.25. The van der Waals surface area contributed by atoms with Crippen molar-refractivity contribution in [2.75, 3.05) is 4.90 Å². The third kappa shape index (κ3) is 3.09. The first-order chi connectivity index (χ1) is 12.7. The Morgan fingerprint density at radius 1 is 0.577 bits per heavy atom. The minimum Gasteiger partial charge on any atom is -0.339 e. The van der Waals surface area contributed by atoms with Crippen LogP contribution in [0.15, 0.2) is 97.1 Å². The largest absolute Gasteiger partial charge is 0.339 e. The van der Waals surface area contributed by atoms with Crippen LogP contribution >= 0.6 is 0 Å². The predicted molar refractivity (Wildman–Crippen MR) is 113 cm³/mol. The molecule has 0 amide bonds. The fourth-order valence-electron chi connectivity index (χ4n) is 3.61. The van der Waals surface area contributed by atoms with E-state index in [1.807, 2.05) is 0 Å². The Hall–Kier alpha value is -3.06. The number of anilines is 2. The number of rotatable bonds is 4. The second-order valence-electron chi connectivity index (χ2n) is 6.87. The molecule has 0 bridgehead atoms. The van der Waals surface area contributed by atoms with Gasteiger partial charge in [0, 0.05) is 17.4 Å². The highest BCUT2D eigenvalue weighted by Gasteiger charge is 2.13. The summed E-state index contributed by atoms with van der Waals surface area (Å²) in [5.74, 6) is 0. The molecule has 1 nitrogen and oxygen atoms in total. The summed E-state index contributed by atoms with van der Waals surface area (Å²) in [5.41, 5.74) is 4.98. The van der Waals surface area contributed by atoms with Crippen molar-refractivity contribution in [3.05, 3.63) is 97.1 Å². The van der Waals surface area contributed by atoms with Crippen molar-refractivity contribution < 1.29 is 0 Å². The topological polar surface area (TPSA) is 3.24 Å². The van der Waals surface area contributed by atoms with E-state index in [2.05, 4.69) is 116 Å². The summed E-state index contributed by atoms with van der Waals surface area (Å²) in [7, 11) is 0. The van der Waals surface area contributed by atoms with E-state index in [1.165, 1.54) is 33.3 Å². The predicted octanol–water partition coefficient (Wildman–Crippen LogP) is 7.05. The Morgan fingerprint density at radius 2 is 1.19 bits per heavy atom. The van der Waals surface area contributed by atoms with E-state index in [-0.39, 0.29) is 0 Å². The third-order valence-electron chi connectivity index (χ3n) is 4.80. The van der Waals surface area contributed by atoms with Crippen LogP contribution < -0.4 is 4.90 Å². The lowest BCUT2D eigenvalue weighted by molar-refractivity contribution is 0.789. The normalized spacial score (nSPS) is 11.0. The zero-order valence-electron chi connectivity index (χ0n) is 15.3. The minimum absolute atomic E-state index is 0.390. The Bertz CT molecular complexity index is 996. The summed E-state index contributed by atoms with van der Waals surface area (Å²) < 4.78 is 0. The number of nitrogens with zero attached hydrogens (tertiary/aromatic N) is 1. The molecule has 0 heterocycles. The molecule has 4 aromatic carbocycles. The molecule has 0 saturated heterocycles. The molecule has 0 aliphatic carbocycles. The van der Waals surface area contributed by atoms with Crippen molar-refractivity contribution in [3.63, 3.8) is 0 Å². The van der Waals surface area contributed by atoms with Crippen LogP contribution in [0.3, 0.4) is 0 Å². The van der Waals surface area contributed by atoms with E-state index in [1.54, 1.807) is 0 Å². The standard InChI is InChI=1S/C25H23N/c1-19(2)26(22-11-4-3-5-12-22)23-17-15-21(16-18-23)25-14-8-10-20-9-6-7-13-24(20)25/h3-19H,1-2H3. The van der Waals surface area contributed by atoms with Crippen LogP contribution in [-0.4, -0.2) is 6.04 Å².